The molecule has 0 atom stereocenters. The fourth-order valence-corrected chi connectivity index (χ4v) is 1.44. The van der Waals surface area contributed by atoms with Gasteiger partial charge in [0.25, 0.3) is 0 Å². The highest BCUT2D eigenvalue weighted by Crippen LogP contribution is 1.93. The van der Waals surface area contributed by atoms with Crippen LogP contribution >= 0.6 is 0 Å². The van der Waals surface area contributed by atoms with Gasteiger partial charge in [0.2, 0.25) is 0 Å². The van der Waals surface area contributed by atoms with Gasteiger partial charge in [-0.25, -0.2) is 17.8 Å². The van der Waals surface area contributed by atoms with E-state index in [1.165, 1.54) is 29.1 Å². The summed E-state index contributed by atoms with van der Waals surface area (Å²) < 4.78 is 32.4. The van der Waals surface area contributed by atoms with E-state index in [2.05, 4.69) is 0 Å². The lowest BCUT2D eigenvalue weighted by Gasteiger charge is -2.03. The SMILES string of the molecule is O=C(O)c1ccc[n+](CCS(=O)(=O)[O-])c1. The van der Waals surface area contributed by atoms with Gasteiger partial charge in [0, 0.05) is 6.07 Å². The minimum Gasteiger partial charge on any atom is -0.748 e. The Balaban J connectivity index is 2.79. The molecule has 0 aliphatic rings. The zero-order valence-corrected chi connectivity index (χ0v) is 8.48. The molecule has 0 unspecified atom stereocenters. The normalized spacial score (nSPS) is 11.3. The number of pyridine rings is 1. The molecule has 1 heterocycles. The molecule has 1 N–H and O–H groups in total. The third-order valence-corrected chi connectivity index (χ3v) is 2.39. The van der Waals surface area contributed by atoms with Crippen LogP contribution < -0.4 is 4.57 Å². The van der Waals surface area contributed by atoms with Gasteiger partial charge in [-0.15, -0.1) is 0 Å². The molecule has 0 saturated heterocycles. The molecule has 1 rings (SSSR count). The van der Waals surface area contributed by atoms with Crippen molar-refractivity contribution in [1.29, 1.82) is 0 Å². The molecule has 7 heteroatoms. The van der Waals surface area contributed by atoms with Gasteiger partial charge in [0.05, 0.1) is 5.75 Å². The maximum absolute atomic E-state index is 10.6. The van der Waals surface area contributed by atoms with Crippen LogP contribution in [0.2, 0.25) is 0 Å². The molecule has 0 amide bonds. The zero-order valence-electron chi connectivity index (χ0n) is 7.66. The quantitative estimate of drug-likeness (QED) is 0.541. The Labute approximate surface area is 86.5 Å². The summed E-state index contributed by atoms with van der Waals surface area (Å²) in [4.78, 5) is 10.6. The summed E-state index contributed by atoms with van der Waals surface area (Å²) in [5.41, 5.74) is 0.0424. The topological polar surface area (TPSA) is 98.4 Å². The van der Waals surface area contributed by atoms with E-state index < -0.39 is 21.8 Å². The van der Waals surface area contributed by atoms with Crippen molar-refractivity contribution >= 4 is 16.1 Å². The van der Waals surface area contributed by atoms with E-state index in [0.717, 1.165) is 0 Å². The van der Waals surface area contributed by atoms with E-state index >= 15 is 0 Å². The molecule has 1 aromatic rings. The van der Waals surface area contributed by atoms with Crippen molar-refractivity contribution in [2.24, 2.45) is 0 Å². The molecular formula is C8H9NO5S. The first-order chi connectivity index (χ1) is 6.88. The Morgan fingerprint density at radius 3 is 2.73 bits per heavy atom. The Hall–Kier alpha value is -1.47. The van der Waals surface area contributed by atoms with Crippen LogP contribution in [-0.4, -0.2) is 29.8 Å². The number of aryl methyl sites for hydroxylation is 1. The Morgan fingerprint density at radius 2 is 2.20 bits per heavy atom. The summed E-state index contributed by atoms with van der Waals surface area (Å²) in [5.74, 6) is -1.66. The maximum atomic E-state index is 10.6. The lowest BCUT2D eigenvalue weighted by atomic mass is 10.3. The maximum Gasteiger partial charge on any atom is 0.341 e. The summed E-state index contributed by atoms with van der Waals surface area (Å²) in [6.07, 6.45) is 2.77. The minimum atomic E-state index is -4.27. The molecule has 0 aliphatic heterocycles. The molecule has 0 saturated carbocycles. The highest BCUT2D eigenvalue weighted by Gasteiger charge is 2.09. The number of carbonyl (C=O) groups is 1. The third kappa shape index (κ3) is 4.05. The second-order valence-corrected chi connectivity index (χ2v) is 4.42. The zero-order chi connectivity index (χ0) is 11.5. The second-order valence-electron chi connectivity index (χ2n) is 2.90. The van der Waals surface area contributed by atoms with Crippen molar-refractivity contribution in [3.05, 3.63) is 30.1 Å². The number of aromatic carboxylic acids is 1. The molecule has 82 valence electrons. The molecule has 0 bridgehead atoms. The van der Waals surface area contributed by atoms with Crippen LogP contribution in [0, 0.1) is 0 Å². The van der Waals surface area contributed by atoms with Gasteiger partial charge < -0.3 is 9.66 Å². The van der Waals surface area contributed by atoms with Crippen LogP contribution in [0.25, 0.3) is 0 Å². The first kappa shape index (κ1) is 11.6. The summed E-state index contributed by atoms with van der Waals surface area (Å²) >= 11 is 0. The standard InChI is InChI=1S/C8H9NO5S/c10-8(11)7-2-1-3-9(6-7)4-5-15(12,13)14/h1-3,6H,4-5H2,(H-,10,11,12,13,14). The molecule has 0 radical (unpaired) electrons. The van der Waals surface area contributed by atoms with Gasteiger partial charge in [-0.3, -0.25) is 0 Å². The summed E-state index contributed by atoms with van der Waals surface area (Å²) in [6, 6.07) is 2.85. The Bertz CT molecular complexity index is 468. The molecule has 0 spiro atoms. The molecule has 6 nitrogen and oxygen atoms in total. The summed E-state index contributed by atoms with van der Waals surface area (Å²) in [7, 11) is -4.27. The van der Waals surface area contributed by atoms with Crippen molar-refractivity contribution in [3.63, 3.8) is 0 Å². The lowest BCUT2D eigenvalue weighted by Crippen LogP contribution is -2.37. The lowest BCUT2D eigenvalue weighted by molar-refractivity contribution is -0.692. The highest BCUT2D eigenvalue weighted by atomic mass is 32.2. The van der Waals surface area contributed by atoms with Crippen molar-refractivity contribution in [1.82, 2.24) is 0 Å². The van der Waals surface area contributed by atoms with Crippen LogP contribution in [0.15, 0.2) is 24.5 Å². The predicted molar refractivity (Wildman–Crippen MR) is 48.2 cm³/mol. The number of nitrogens with zero attached hydrogens (tertiary/aromatic N) is 1. The largest absolute Gasteiger partial charge is 0.748 e. The van der Waals surface area contributed by atoms with Crippen LogP contribution in [0.5, 0.6) is 0 Å². The predicted octanol–water partition coefficient (Wildman–Crippen LogP) is -0.782. The van der Waals surface area contributed by atoms with Gasteiger partial charge >= 0.3 is 5.97 Å². The number of hydrogen-bond donors (Lipinski definition) is 1. The van der Waals surface area contributed by atoms with E-state index in [1.807, 2.05) is 0 Å². The fraction of sp³-hybridized carbons (Fsp3) is 0.250. The Morgan fingerprint density at radius 1 is 1.53 bits per heavy atom. The second kappa shape index (κ2) is 4.37. The summed E-state index contributed by atoms with van der Waals surface area (Å²) in [6.45, 7) is -0.0487. The van der Waals surface area contributed by atoms with E-state index in [-0.39, 0.29) is 12.1 Å². The molecule has 0 aliphatic carbocycles. The fourth-order valence-electron chi connectivity index (χ4n) is 1.00. The number of hydrogen-bond acceptors (Lipinski definition) is 4. The van der Waals surface area contributed by atoms with Gasteiger partial charge in [-0.1, -0.05) is 0 Å². The smallest absolute Gasteiger partial charge is 0.341 e. The van der Waals surface area contributed by atoms with Crippen LogP contribution in [0.3, 0.4) is 0 Å². The van der Waals surface area contributed by atoms with Crippen LogP contribution in [0.4, 0.5) is 0 Å². The number of carboxylic acid groups (broad SMARTS) is 1. The van der Waals surface area contributed by atoms with Crippen molar-refractivity contribution < 1.29 is 27.4 Å². The van der Waals surface area contributed by atoms with Gasteiger partial charge in [0.1, 0.15) is 15.7 Å². The van der Waals surface area contributed by atoms with Gasteiger partial charge in [-0.05, 0) is 6.07 Å². The monoisotopic (exact) mass is 231 g/mol. The third-order valence-electron chi connectivity index (χ3n) is 1.70. The number of aromatic nitrogens is 1. The number of rotatable bonds is 4. The van der Waals surface area contributed by atoms with Crippen LogP contribution in [0.1, 0.15) is 10.4 Å². The average molecular weight is 231 g/mol. The first-order valence-corrected chi connectivity index (χ1v) is 5.62. The molecule has 0 aromatic carbocycles. The van der Waals surface area contributed by atoms with E-state index in [1.54, 1.807) is 0 Å². The highest BCUT2D eigenvalue weighted by molar-refractivity contribution is 7.85. The Kier molecular flexibility index (Phi) is 3.38. The molecule has 0 fully saturated rings. The molecule has 15 heavy (non-hydrogen) atoms. The van der Waals surface area contributed by atoms with Crippen LogP contribution in [-0.2, 0) is 16.7 Å². The molecule has 1 aromatic heterocycles. The van der Waals surface area contributed by atoms with E-state index in [4.69, 9.17) is 5.11 Å². The van der Waals surface area contributed by atoms with Gasteiger partial charge in [-0.2, -0.15) is 0 Å². The first-order valence-electron chi connectivity index (χ1n) is 4.04. The minimum absolute atomic E-state index is 0.0424. The van der Waals surface area contributed by atoms with Crippen molar-refractivity contribution in [2.75, 3.05) is 5.75 Å². The van der Waals surface area contributed by atoms with E-state index in [9.17, 15) is 17.8 Å². The molecular weight excluding hydrogens is 222 g/mol. The van der Waals surface area contributed by atoms with Crippen molar-refractivity contribution in [2.45, 2.75) is 6.54 Å². The number of carboxylic acids is 1. The van der Waals surface area contributed by atoms with E-state index in [0.29, 0.717) is 0 Å². The van der Waals surface area contributed by atoms with Gasteiger partial charge in [0.15, 0.2) is 18.9 Å². The van der Waals surface area contributed by atoms with Crippen molar-refractivity contribution in [3.8, 4) is 0 Å². The summed E-state index contributed by atoms with van der Waals surface area (Å²) in [5, 5.41) is 8.64. The average Bonchev–Trinajstić information content (AvgIpc) is 2.14.